The molecule has 2 heterocycles. The molecule has 2 amide bonds. The molecular weight excluding hydrogens is 376 g/mol. The molecule has 2 aromatic carbocycles. The molecule has 3 aromatic rings. The van der Waals surface area contributed by atoms with Crippen molar-refractivity contribution in [3.63, 3.8) is 0 Å². The molecular formula is C24H26N4O2. The molecule has 6 heteroatoms. The van der Waals surface area contributed by atoms with Gasteiger partial charge in [0, 0.05) is 18.7 Å². The first-order valence-electron chi connectivity index (χ1n) is 10.3. The van der Waals surface area contributed by atoms with E-state index >= 15 is 0 Å². The number of anilines is 1. The number of para-hydroxylation sites is 1. The highest BCUT2D eigenvalue weighted by Crippen LogP contribution is 2.25. The van der Waals surface area contributed by atoms with E-state index in [1.807, 2.05) is 60.4 Å². The van der Waals surface area contributed by atoms with Crippen molar-refractivity contribution in [2.75, 3.05) is 18.4 Å². The van der Waals surface area contributed by atoms with Gasteiger partial charge >= 0.3 is 0 Å². The molecule has 0 unspecified atom stereocenters. The molecule has 0 atom stereocenters. The molecule has 1 saturated heterocycles. The number of amides is 2. The van der Waals surface area contributed by atoms with Gasteiger partial charge in [-0.15, -0.1) is 0 Å². The van der Waals surface area contributed by atoms with Gasteiger partial charge in [0.1, 0.15) is 11.4 Å². The predicted octanol–water partition coefficient (Wildman–Crippen LogP) is 4.31. The van der Waals surface area contributed by atoms with E-state index in [-0.39, 0.29) is 11.8 Å². The van der Waals surface area contributed by atoms with E-state index in [0.29, 0.717) is 22.9 Å². The Hall–Kier alpha value is -3.41. The number of carbonyl (C=O) groups excluding carboxylic acids is 2. The first-order valence-corrected chi connectivity index (χ1v) is 10.3. The van der Waals surface area contributed by atoms with Gasteiger partial charge in [-0.25, -0.2) is 4.68 Å². The van der Waals surface area contributed by atoms with Crippen LogP contribution in [0.15, 0.2) is 60.8 Å². The average molecular weight is 402 g/mol. The number of aromatic nitrogens is 2. The summed E-state index contributed by atoms with van der Waals surface area (Å²) in [6.07, 6.45) is 3.54. The van der Waals surface area contributed by atoms with E-state index in [1.54, 1.807) is 16.9 Å². The number of piperidine rings is 1. The van der Waals surface area contributed by atoms with Gasteiger partial charge in [-0.2, -0.15) is 5.10 Å². The molecule has 30 heavy (non-hydrogen) atoms. The van der Waals surface area contributed by atoms with Crippen molar-refractivity contribution in [3.05, 3.63) is 77.5 Å². The van der Waals surface area contributed by atoms with E-state index in [0.717, 1.165) is 37.2 Å². The van der Waals surface area contributed by atoms with Crippen LogP contribution in [0.1, 0.15) is 46.0 Å². The molecule has 0 saturated carbocycles. The SMILES string of the molecule is Cc1ccccc1C(=O)Nc1c(C(=O)N2CCC(C)CC2)cnn1-c1ccccc1. The third-order valence-electron chi connectivity index (χ3n) is 5.69. The third-order valence-corrected chi connectivity index (χ3v) is 5.69. The Balaban J connectivity index is 1.70. The molecule has 0 radical (unpaired) electrons. The topological polar surface area (TPSA) is 67.2 Å². The summed E-state index contributed by atoms with van der Waals surface area (Å²) < 4.78 is 1.62. The Morgan fingerprint density at radius 1 is 0.967 bits per heavy atom. The van der Waals surface area contributed by atoms with Crippen LogP contribution in [-0.4, -0.2) is 39.6 Å². The standard InChI is InChI=1S/C24H26N4O2/c1-17-12-14-27(15-13-17)24(30)21-16-25-28(19-9-4-3-5-10-19)22(21)26-23(29)20-11-7-6-8-18(20)2/h3-11,16-17H,12-15H2,1-2H3,(H,26,29). The lowest BCUT2D eigenvalue weighted by atomic mass is 9.99. The summed E-state index contributed by atoms with van der Waals surface area (Å²) in [5, 5.41) is 7.40. The molecule has 0 bridgehead atoms. The Kier molecular flexibility index (Phi) is 5.65. The Morgan fingerprint density at radius 3 is 2.33 bits per heavy atom. The van der Waals surface area contributed by atoms with E-state index < -0.39 is 0 Å². The lowest BCUT2D eigenvalue weighted by molar-refractivity contribution is 0.0698. The number of carbonyl (C=O) groups is 2. The molecule has 1 aromatic heterocycles. The van der Waals surface area contributed by atoms with Gasteiger partial charge in [-0.1, -0.05) is 43.3 Å². The van der Waals surface area contributed by atoms with Crippen LogP contribution >= 0.6 is 0 Å². The third kappa shape index (κ3) is 3.99. The molecule has 1 N–H and O–H groups in total. The maximum atomic E-state index is 13.3. The molecule has 0 aliphatic carbocycles. The van der Waals surface area contributed by atoms with Crippen molar-refractivity contribution in [1.29, 1.82) is 0 Å². The lowest BCUT2D eigenvalue weighted by Crippen LogP contribution is -2.38. The van der Waals surface area contributed by atoms with Crippen LogP contribution in [0.5, 0.6) is 0 Å². The van der Waals surface area contributed by atoms with Crippen LogP contribution in [0.2, 0.25) is 0 Å². The minimum absolute atomic E-state index is 0.0934. The van der Waals surface area contributed by atoms with Crippen molar-refractivity contribution < 1.29 is 9.59 Å². The van der Waals surface area contributed by atoms with Gasteiger partial charge in [0.25, 0.3) is 11.8 Å². The van der Waals surface area contributed by atoms with E-state index in [1.165, 1.54) is 0 Å². The maximum absolute atomic E-state index is 13.3. The number of benzene rings is 2. The summed E-state index contributed by atoms with van der Waals surface area (Å²) in [5.74, 6) is 0.677. The van der Waals surface area contributed by atoms with Crippen molar-refractivity contribution in [3.8, 4) is 5.69 Å². The number of nitrogens with one attached hydrogen (secondary N) is 1. The summed E-state index contributed by atoms with van der Waals surface area (Å²) >= 11 is 0. The zero-order valence-corrected chi connectivity index (χ0v) is 17.3. The summed E-state index contributed by atoms with van der Waals surface area (Å²) in [7, 11) is 0. The summed E-state index contributed by atoms with van der Waals surface area (Å²) in [5.41, 5.74) is 2.64. The second-order valence-corrected chi connectivity index (χ2v) is 7.90. The van der Waals surface area contributed by atoms with Crippen LogP contribution in [0.4, 0.5) is 5.82 Å². The molecule has 4 rings (SSSR count). The minimum Gasteiger partial charge on any atom is -0.338 e. The molecule has 1 aliphatic rings. The van der Waals surface area contributed by atoms with Crippen molar-refractivity contribution in [1.82, 2.24) is 14.7 Å². The van der Waals surface area contributed by atoms with Crippen molar-refractivity contribution in [2.24, 2.45) is 5.92 Å². The number of nitrogens with zero attached hydrogens (tertiary/aromatic N) is 3. The van der Waals surface area contributed by atoms with Crippen LogP contribution in [0.3, 0.4) is 0 Å². The van der Waals surface area contributed by atoms with Gasteiger partial charge < -0.3 is 10.2 Å². The normalized spacial score (nSPS) is 14.5. The zero-order valence-electron chi connectivity index (χ0n) is 17.3. The number of hydrogen-bond acceptors (Lipinski definition) is 3. The van der Waals surface area contributed by atoms with Gasteiger partial charge in [-0.05, 0) is 49.4 Å². The summed E-state index contributed by atoms with van der Waals surface area (Å²) in [4.78, 5) is 28.2. The molecule has 154 valence electrons. The van der Waals surface area contributed by atoms with Crippen LogP contribution in [0, 0.1) is 12.8 Å². The quantitative estimate of drug-likeness (QED) is 0.707. The fourth-order valence-electron chi connectivity index (χ4n) is 3.77. The van der Waals surface area contributed by atoms with Crippen molar-refractivity contribution >= 4 is 17.6 Å². The Labute approximate surface area is 176 Å². The smallest absolute Gasteiger partial charge is 0.259 e. The molecule has 0 spiro atoms. The van der Waals surface area contributed by atoms with E-state index in [9.17, 15) is 9.59 Å². The van der Waals surface area contributed by atoms with Gasteiger partial charge in [0.05, 0.1) is 11.9 Å². The monoisotopic (exact) mass is 402 g/mol. The second-order valence-electron chi connectivity index (χ2n) is 7.90. The lowest BCUT2D eigenvalue weighted by Gasteiger charge is -2.30. The van der Waals surface area contributed by atoms with Crippen LogP contribution < -0.4 is 5.32 Å². The van der Waals surface area contributed by atoms with Gasteiger partial charge in [0.2, 0.25) is 0 Å². The van der Waals surface area contributed by atoms with Crippen LogP contribution in [0.25, 0.3) is 5.69 Å². The average Bonchev–Trinajstić information content (AvgIpc) is 3.18. The molecule has 1 fully saturated rings. The number of likely N-dealkylation sites (tertiary alicyclic amines) is 1. The highest BCUT2D eigenvalue weighted by Gasteiger charge is 2.27. The van der Waals surface area contributed by atoms with E-state index in [2.05, 4.69) is 17.3 Å². The molecule has 1 aliphatic heterocycles. The highest BCUT2D eigenvalue weighted by atomic mass is 16.2. The second kappa shape index (κ2) is 8.53. The fraction of sp³-hybridized carbons (Fsp3) is 0.292. The summed E-state index contributed by atoms with van der Waals surface area (Å²) in [6, 6.07) is 16.9. The summed E-state index contributed by atoms with van der Waals surface area (Å²) in [6.45, 7) is 5.55. The first-order chi connectivity index (χ1) is 14.5. The predicted molar refractivity (Wildman–Crippen MR) is 117 cm³/mol. The van der Waals surface area contributed by atoms with Crippen molar-refractivity contribution in [2.45, 2.75) is 26.7 Å². The van der Waals surface area contributed by atoms with E-state index in [4.69, 9.17) is 0 Å². The van der Waals surface area contributed by atoms with Gasteiger partial charge in [0.15, 0.2) is 0 Å². The maximum Gasteiger partial charge on any atom is 0.259 e. The number of rotatable bonds is 4. The minimum atomic E-state index is -0.257. The first kappa shape index (κ1) is 19.9. The fourth-order valence-corrected chi connectivity index (χ4v) is 3.77. The Morgan fingerprint density at radius 2 is 1.63 bits per heavy atom. The van der Waals surface area contributed by atoms with Crippen LogP contribution in [-0.2, 0) is 0 Å². The Bertz CT molecular complexity index is 1050. The largest absolute Gasteiger partial charge is 0.338 e. The molecule has 6 nitrogen and oxygen atoms in total. The van der Waals surface area contributed by atoms with Gasteiger partial charge in [-0.3, -0.25) is 9.59 Å². The highest BCUT2D eigenvalue weighted by molar-refractivity contribution is 6.09. The number of aryl methyl sites for hydroxylation is 1. The number of hydrogen-bond donors (Lipinski definition) is 1. The zero-order chi connectivity index (χ0) is 21.1.